The van der Waals surface area contributed by atoms with Gasteiger partial charge in [-0.2, -0.15) is 0 Å². The van der Waals surface area contributed by atoms with Crippen LogP contribution in [-0.2, 0) is 13.0 Å². The number of thiophene rings is 1. The SMILES string of the molecule is CCc1cc2c(N3CCN(Cc4ccccc4)CC3)ncnc2s1.Cl. The van der Waals surface area contributed by atoms with Crippen molar-refractivity contribution in [2.75, 3.05) is 31.1 Å². The van der Waals surface area contributed by atoms with Gasteiger partial charge in [0.25, 0.3) is 0 Å². The predicted octanol–water partition coefficient (Wildman–Crippen LogP) is 4.00. The lowest BCUT2D eigenvalue weighted by Gasteiger charge is -2.35. The lowest BCUT2D eigenvalue weighted by atomic mass is 10.2. The van der Waals surface area contributed by atoms with E-state index in [4.69, 9.17) is 0 Å². The highest BCUT2D eigenvalue weighted by atomic mass is 35.5. The number of aromatic nitrogens is 2. The summed E-state index contributed by atoms with van der Waals surface area (Å²) >= 11 is 1.79. The molecule has 0 spiro atoms. The Morgan fingerprint density at radius 2 is 1.80 bits per heavy atom. The van der Waals surface area contributed by atoms with Gasteiger partial charge >= 0.3 is 0 Å². The summed E-state index contributed by atoms with van der Waals surface area (Å²) in [5.41, 5.74) is 1.39. The average Bonchev–Trinajstić information content (AvgIpc) is 3.07. The van der Waals surface area contributed by atoms with Crippen molar-refractivity contribution < 1.29 is 0 Å². The fourth-order valence-electron chi connectivity index (χ4n) is 3.28. The first-order chi connectivity index (χ1) is 11.8. The number of rotatable bonds is 4. The van der Waals surface area contributed by atoms with Gasteiger partial charge in [0.2, 0.25) is 0 Å². The van der Waals surface area contributed by atoms with Crippen LogP contribution in [0.3, 0.4) is 0 Å². The molecule has 0 bridgehead atoms. The topological polar surface area (TPSA) is 32.3 Å². The number of piperazine rings is 1. The van der Waals surface area contributed by atoms with Crippen molar-refractivity contribution in [3.63, 3.8) is 0 Å². The van der Waals surface area contributed by atoms with Crippen LogP contribution in [0.25, 0.3) is 10.2 Å². The van der Waals surface area contributed by atoms with Crippen LogP contribution < -0.4 is 4.90 Å². The predicted molar refractivity (Wildman–Crippen MR) is 108 cm³/mol. The van der Waals surface area contributed by atoms with Crippen molar-refractivity contribution in [3.8, 4) is 0 Å². The largest absolute Gasteiger partial charge is 0.353 e. The lowest BCUT2D eigenvalue weighted by molar-refractivity contribution is 0.249. The molecule has 6 heteroatoms. The van der Waals surface area contributed by atoms with E-state index in [0.29, 0.717) is 0 Å². The number of benzene rings is 1. The van der Waals surface area contributed by atoms with Crippen molar-refractivity contribution in [1.29, 1.82) is 0 Å². The van der Waals surface area contributed by atoms with Gasteiger partial charge in [-0.25, -0.2) is 9.97 Å². The van der Waals surface area contributed by atoms with Gasteiger partial charge in [-0.3, -0.25) is 4.90 Å². The molecule has 1 fully saturated rings. The first kappa shape index (κ1) is 18.1. The van der Waals surface area contributed by atoms with Crippen molar-refractivity contribution in [1.82, 2.24) is 14.9 Å². The van der Waals surface area contributed by atoms with E-state index in [1.165, 1.54) is 15.8 Å². The molecule has 1 aliphatic heterocycles. The normalized spacial score (nSPS) is 15.3. The molecule has 0 aliphatic carbocycles. The summed E-state index contributed by atoms with van der Waals surface area (Å²) in [7, 11) is 0. The maximum absolute atomic E-state index is 4.59. The molecule has 4 rings (SSSR count). The molecule has 1 aliphatic rings. The van der Waals surface area contributed by atoms with Gasteiger partial charge in [-0.1, -0.05) is 37.3 Å². The van der Waals surface area contributed by atoms with Crippen molar-refractivity contribution in [2.45, 2.75) is 19.9 Å². The molecule has 25 heavy (non-hydrogen) atoms. The standard InChI is InChI=1S/C19H22N4S.ClH/c1-2-16-12-17-18(20-14-21-19(17)24-16)23-10-8-22(9-11-23)13-15-6-4-3-5-7-15;/h3-7,12,14H,2,8-11,13H2,1H3;1H. The lowest BCUT2D eigenvalue weighted by Crippen LogP contribution is -2.46. The van der Waals surface area contributed by atoms with Crippen molar-refractivity contribution in [2.24, 2.45) is 0 Å². The Hall–Kier alpha value is -1.69. The third kappa shape index (κ3) is 3.94. The Bertz CT molecular complexity index is 813. The second-order valence-electron chi connectivity index (χ2n) is 6.23. The van der Waals surface area contributed by atoms with Crippen LogP contribution in [0.15, 0.2) is 42.7 Å². The number of hydrogen-bond donors (Lipinski definition) is 0. The van der Waals surface area contributed by atoms with E-state index >= 15 is 0 Å². The summed E-state index contributed by atoms with van der Waals surface area (Å²) in [5, 5.41) is 1.22. The van der Waals surface area contributed by atoms with Crippen molar-refractivity contribution >= 4 is 39.8 Å². The molecule has 1 aromatic carbocycles. The molecule has 1 saturated heterocycles. The van der Waals surface area contributed by atoms with Gasteiger partial charge in [0, 0.05) is 37.6 Å². The number of halogens is 1. The van der Waals surface area contributed by atoms with Gasteiger partial charge in [-0.15, -0.1) is 23.7 Å². The summed E-state index contributed by atoms with van der Waals surface area (Å²) in [6.45, 7) is 7.43. The van der Waals surface area contributed by atoms with Gasteiger partial charge in [0.15, 0.2) is 0 Å². The molecule has 0 unspecified atom stereocenters. The van der Waals surface area contributed by atoms with E-state index in [1.807, 2.05) is 0 Å². The fraction of sp³-hybridized carbons (Fsp3) is 0.368. The highest BCUT2D eigenvalue weighted by Crippen LogP contribution is 2.31. The van der Waals surface area contributed by atoms with E-state index in [2.05, 4.69) is 63.1 Å². The molecule has 132 valence electrons. The molecule has 3 aromatic rings. The summed E-state index contributed by atoms with van der Waals surface area (Å²) < 4.78 is 0. The molecular weight excluding hydrogens is 352 g/mol. The second-order valence-corrected chi connectivity index (χ2v) is 7.35. The van der Waals surface area contributed by atoms with E-state index < -0.39 is 0 Å². The quantitative estimate of drug-likeness (QED) is 0.691. The molecular formula is C19H23ClN4S. The molecule has 3 heterocycles. The Labute approximate surface area is 158 Å². The molecule has 0 amide bonds. The van der Waals surface area contributed by atoms with Crippen LogP contribution in [0.5, 0.6) is 0 Å². The molecule has 0 N–H and O–H groups in total. The highest BCUT2D eigenvalue weighted by molar-refractivity contribution is 7.18. The monoisotopic (exact) mass is 374 g/mol. The molecule has 0 radical (unpaired) electrons. The van der Waals surface area contributed by atoms with E-state index in [1.54, 1.807) is 17.7 Å². The maximum Gasteiger partial charge on any atom is 0.140 e. The summed E-state index contributed by atoms with van der Waals surface area (Å²) in [5.74, 6) is 1.11. The van der Waals surface area contributed by atoms with Crippen LogP contribution >= 0.6 is 23.7 Å². The first-order valence-corrected chi connectivity index (χ1v) is 9.40. The fourth-order valence-corrected chi connectivity index (χ4v) is 4.21. The molecule has 0 saturated carbocycles. The van der Waals surface area contributed by atoms with Gasteiger partial charge in [-0.05, 0) is 18.1 Å². The molecule has 0 atom stereocenters. The van der Waals surface area contributed by atoms with Crippen molar-refractivity contribution in [3.05, 3.63) is 53.2 Å². The van der Waals surface area contributed by atoms with E-state index in [9.17, 15) is 0 Å². The van der Waals surface area contributed by atoms with Gasteiger partial charge in [0.05, 0.1) is 5.39 Å². The van der Waals surface area contributed by atoms with Crippen LogP contribution in [0.4, 0.5) is 5.82 Å². The minimum absolute atomic E-state index is 0. The number of hydrogen-bond acceptors (Lipinski definition) is 5. The molecule has 4 nitrogen and oxygen atoms in total. The number of aryl methyl sites for hydroxylation is 1. The first-order valence-electron chi connectivity index (χ1n) is 8.58. The second kappa shape index (κ2) is 8.13. The number of fused-ring (bicyclic) bond motifs is 1. The Morgan fingerprint density at radius 1 is 1.04 bits per heavy atom. The van der Waals surface area contributed by atoms with Crippen LogP contribution in [0.2, 0.25) is 0 Å². The maximum atomic E-state index is 4.59. The van der Waals surface area contributed by atoms with Crippen LogP contribution in [0, 0.1) is 0 Å². The summed E-state index contributed by atoms with van der Waals surface area (Å²) in [6.07, 6.45) is 2.77. The molecule has 2 aromatic heterocycles. The highest BCUT2D eigenvalue weighted by Gasteiger charge is 2.20. The Kier molecular flexibility index (Phi) is 5.89. The minimum atomic E-state index is 0. The smallest absolute Gasteiger partial charge is 0.140 e. The zero-order chi connectivity index (χ0) is 16.4. The third-order valence-corrected chi connectivity index (χ3v) is 5.82. The van der Waals surface area contributed by atoms with Gasteiger partial charge < -0.3 is 4.90 Å². The zero-order valence-corrected chi connectivity index (χ0v) is 16.0. The van der Waals surface area contributed by atoms with Crippen LogP contribution in [-0.4, -0.2) is 41.0 Å². The summed E-state index contributed by atoms with van der Waals surface area (Å²) in [4.78, 5) is 16.5. The third-order valence-electron chi connectivity index (χ3n) is 4.63. The van der Waals surface area contributed by atoms with E-state index in [0.717, 1.165) is 49.8 Å². The Balaban J connectivity index is 0.00000182. The Morgan fingerprint density at radius 3 is 2.52 bits per heavy atom. The zero-order valence-electron chi connectivity index (χ0n) is 14.4. The van der Waals surface area contributed by atoms with E-state index in [-0.39, 0.29) is 12.4 Å². The number of anilines is 1. The number of nitrogens with zero attached hydrogens (tertiary/aromatic N) is 4. The average molecular weight is 375 g/mol. The van der Waals surface area contributed by atoms with Crippen LogP contribution in [0.1, 0.15) is 17.4 Å². The van der Waals surface area contributed by atoms with Gasteiger partial charge in [0.1, 0.15) is 17.0 Å². The minimum Gasteiger partial charge on any atom is -0.353 e. The summed E-state index contributed by atoms with van der Waals surface area (Å²) in [6, 6.07) is 13.0.